The van der Waals surface area contributed by atoms with Crippen molar-refractivity contribution in [2.75, 3.05) is 13.2 Å². The van der Waals surface area contributed by atoms with Gasteiger partial charge in [0.25, 0.3) is 0 Å². The van der Waals surface area contributed by atoms with Crippen LogP contribution in [0.2, 0.25) is 0 Å². The van der Waals surface area contributed by atoms with Crippen LogP contribution in [0.3, 0.4) is 0 Å². The maximum atomic E-state index is 12.9. The number of carbonyl (C=O) groups excluding carboxylic acids is 3. The molecule has 0 aliphatic carbocycles. The first kappa shape index (κ1) is 68.8. The summed E-state index contributed by atoms with van der Waals surface area (Å²) < 4.78 is 16.9. The predicted octanol–water partition coefficient (Wildman–Crippen LogP) is 20.9. The van der Waals surface area contributed by atoms with Gasteiger partial charge in [-0.3, -0.25) is 14.4 Å². The predicted molar refractivity (Wildman–Crippen MR) is 311 cm³/mol. The van der Waals surface area contributed by atoms with E-state index in [2.05, 4.69) is 93.7 Å². The average molecular weight is 1010 g/mol. The molecule has 0 aromatic heterocycles. The summed E-state index contributed by atoms with van der Waals surface area (Å²) >= 11 is 0. The molecular formula is C66H116O6. The summed E-state index contributed by atoms with van der Waals surface area (Å²) in [6.45, 7) is 6.49. The fraction of sp³-hybridized carbons (Fsp3) is 0.773. The third-order valence-electron chi connectivity index (χ3n) is 13.4. The van der Waals surface area contributed by atoms with Crippen molar-refractivity contribution in [2.45, 2.75) is 316 Å². The number of carbonyl (C=O) groups is 3. The summed E-state index contributed by atoms with van der Waals surface area (Å²) in [5.74, 6) is -0.880. The van der Waals surface area contributed by atoms with E-state index in [1.807, 2.05) is 0 Å². The van der Waals surface area contributed by atoms with Gasteiger partial charge in [0.05, 0.1) is 0 Å². The molecule has 0 bridgehead atoms. The molecule has 0 heterocycles. The Hall–Kier alpha value is -3.15. The van der Waals surface area contributed by atoms with Crippen molar-refractivity contribution in [2.24, 2.45) is 0 Å². The molecule has 0 aromatic carbocycles. The van der Waals surface area contributed by atoms with Crippen LogP contribution in [-0.2, 0) is 28.6 Å². The third-order valence-corrected chi connectivity index (χ3v) is 13.4. The average Bonchev–Trinajstić information content (AvgIpc) is 3.38. The Bertz CT molecular complexity index is 1340. The van der Waals surface area contributed by atoms with Crippen LogP contribution in [0.5, 0.6) is 0 Å². The lowest BCUT2D eigenvalue weighted by Gasteiger charge is -2.18. The highest BCUT2D eigenvalue weighted by Crippen LogP contribution is 2.17. The second-order valence-corrected chi connectivity index (χ2v) is 20.6. The van der Waals surface area contributed by atoms with Gasteiger partial charge in [0.2, 0.25) is 0 Å². The SMILES string of the molecule is CC/C=C\C/C=C\C/C=C\C/C=C\CCCCCCCCCCCCCCC(=O)OCC(COC(=O)CCCCCCC/C=C\C/C=C\CCC)OC(=O)CCCCCCCCCCCCCCCCCC. The normalized spacial score (nSPS) is 12.5. The molecule has 0 aliphatic rings. The van der Waals surface area contributed by atoms with Crippen LogP contribution in [-0.4, -0.2) is 37.2 Å². The molecule has 1 unspecified atom stereocenters. The van der Waals surface area contributed by atoms with E-state index >= 15 is 0 Å². The first-order chi connectivity index (χ1) is 35.5. The highest BCUT2D eigenvalue weighted by molar-refractivity contribution is 5.71. The molecule has 0 aliphatic heterocycles. The largest absolute Gasteiger partial charge is 0.462 e. The smallest absolute Gasteiger partial charge is 0.306 e. The number of rotatable bonds is 56. The standard InChI is InChI=1S/C66H116O6/c1-4-7-10-13-16-19-22-25-27-29-30-31-32-33-34-35-36-37-39-41-44-47-50-53-56-59-65(68)71-62-63(61-70-64(67)58-55-52-49-46-43-40-24-21-18-15-12-9-6-3)72-66(69)60-57-54-51-48-45-42-38-28-26-23-20-17-14-11-8-5-2/h7,10,12,15-16,19,21,24-25,27,30-31,63H,4-6,8-9,11,13-14,17-18,20,22-23,26,28-29,32-62H2,1-3H3/b10-7-,15-12-,19-16-,24-21-,27-25-,31-30-. The molecule has 0 aromatic rings. The fourth-order valence-electron chi connectivity index (χ4n) is 8.83. The van der Waals surface area contributed by atoms with Crippen LogP contribution < -0.4 is 0 Å². The Balaban J connectivity index is 4.28. The topological polar surface area (TPSA) is 78.9 Å². The number of unbranched alkanes of at least 4 members (excludes halogenated alkanes) is 33. The molecule has 72 heavy (non-hydrogen) atoms. The lowest BCUT2D eigenvalue weighted by atomic mass is 10.0. The summed E-state index contributed by atoms with van der Waals surface area (Å²) in [5, 5.41) is 0. The van der Waals surface area contributed by atoms with Gasteiger partial charge < -0.3 is 14.2 Å². The van der Waals surface area contributed by atoms with Crippen molar-refractivity contribution in [1.29, 1.82) is 0 Å². The fourth-order valence-corrected chi connectivity index (χ4v) is 8.83. The maximum Gasteiger partial charge on any atom is 0.306 e. The van der Waals surface area contributed by atoms with Crippen LogP contribution in [0.15, 0.2) is 72.9 Å². The van der Waals surface area contributed by atoms with Gasteiger partial charge in [-0.05, 0) is 83.5 Å². The Morgan fingerprint density at radius 1 is 0.292 bits per heavy atom. The number of hydrogen-bond donors (Lipinski definition) is 0. The second kappa shape index (κ2) is 60.4. The van der Waals surface area contributed by atoms with Gasteiger partial charge in [0.15, 0.2) is 6.10 Å². The van der Waals surface area contributed by atoms with E-state index in [0.717, 1.165) is 109 Å². The van der Waals surface area contributed by atoms with Crippen molar-refractivity contribution in [3.63, 3.8) is 0 Å². The zero-order valence-electron chi connectivity index (χ0n) is 47.7. The van der Waals surface area contributed by atoms with E-state index in [1.165, 1.54) is 161 Å². The van der Waals surface area contributed by atoms with E-state index in [9.17, 15) is 14.4 Å². The maximum absolute atomic E-state index is 12.9. The lowest BCUT2D eigenvalue weighted by molar-refractivity contribution is -0.167. The van der Waals surface area contributed by atoms with Gasteiger partial charge in [0.1, 0.15) is 13.2 Å². The first-order valence-corrected chi connectivity index (χ1v) is 30.9. The van der Waals surface area contributed by atoms with E-state index in [-0.39, 0.29) is 31.1 Å². The minimum Gasteiger partial charge on any atom is -0.462 e. The number of hydrogen-bond acceptors (Lipinski definition) is 6. The van der Waals surface area contributed by atoms with Crippen LogP contribution in [0.25, 0.3) is 0 Å². The molecule has 6 nitrogen and oxygen atoms in total. The Labute approximate surface area is 446 Å². The summed E-state index contributed by atoms with van der Waals surface area (Å²) in [4.78, 5) is 38.2. The van der Waals surface area contributed by atoms with Crippen molar-refractivity contribution in [3.05, 3.63) is 72.9 Å². The molecule has 0 fully saturated rings. The monoisotopic (exact) mass is 1000 g/mol. The van der Waals surface area contributed by atoms with Crippen molar-refractivity contribution >= 4 is 17.9 Å². The van der Waals surface area contributed by atoms with E-state index in [4.69, 9.17) is 14.2 Å². The van der Waals surface area contributed by atoms with Crippen LogP contribution in [0.4, 0.5) is 0 Å². The molecule has 0 saturated heterocycles. The van der Waals surface area contributed by atoms with Gasteiger partial charge in [-0.15, -0.1) is 0 Å². The number of allylic oxidation sites excluding steroid dienone is 12. The van der Waals surface area contributed by atoms with Crippen molar-refractivity contribution in [1.82, 2.24) is 0 Å². The summed E-state index contributed by atoms with van der Waals surface area (Å²) in [5.41, 5.74) is 0. The van der Waals surface area contributed by atoms with Crippen LogP contribution >= 0.6 is 0 Å². The third kappa shape index (κ3) is 57.7. The van der Waals surface area contributed by atoms with Crippen LogP contribution in [0, 0.1) is 0 Å². The van der Waals surface area contributed by atoms with Gasteiger partial charge in [0, 0.05) is 19.3 Å². The molecule has 0 amide bonds. The molecule has 0 saturated carbocycles. The lowest BCUT2D eigenvalue weighted by Crippen LogP contribution is -2.30. The summed E-state index contributed by atoms with van der Waals surface area (Å²) in [7, 11) is 0. The second-order valence-electron chi connectivity index (χ2n) is 20.6. The van der Waals surface area contributed by atoms with Gasteiger partial charge >= 0.3 is 17.9 Å². The first-order valence-electron chi connectivity index (χ1n) is 30.9. The van der Waals surface area contributed by atoms with Gasteiger partial charge in [-0.2, -0.15) is 0 Å². The minimum absolute atomic E-state index is 0.0778. The molecule has 0 spiro atoms. The van der Waals surface area contributed by atoms with E-state index < -0.39 is 6.10 Å². The van der Waals surface area contributed by atoms with Crippen molar-refractivity contribution < 1.29 is 28.6 Å². The Morgan fingerprint density at radius 2 is 0.569 bits per heavy atom. The summed E-state index contributed by atoms with van der Waals surface area (Å²) in [6, 6.07) is 0. The molecule has 416 valence electrons. The van der Waals surface area contributed by atoms with E-state index in [0.29, 0.717) is 19.3 Å². The van der Waals surface area contributed by atoms with Gasteiger partial charge in [-0.25, -0.2) is 0 Å². The van der Waals surface area contributed by atoms with Crippen molar-refractivity contribution in [3.8, 4) is 0 Å². The zero-order valence-corrected chi connectivity index (χ0v) is 47.7. The molecule has 0 N–H and O–H groups in total. The molecule has 0 rings (SSSR count). The molecular weight excluding hydrogens is 889 g/mol. The number of esters is 3. The van der Waals surface area contributed by atoms with Gasteiger partial charge in [-0.1, -0.05) is 280 Å². The highest BCUT2D eigenvalue weighted by Gasteiger charge is 2.19. The zero-order chi connectivity index (χ0) is 52.2. The number of ether oxygens (including phenoxy) is 3. The quantitative estimate of drug-likeness (QED) is 0.0261. The van der Waals surface area contributed by atoms with Crippen LogP contribution in [0.1, 0.15) is 310 Å². The molecule has 6 heteroatoms. The minimum atomic E-state index is -0.780. The highest BCUT2D eigenvalue weighted by atomic mass is 16.6. The molecule has 0 radical (unpaired) electrons. The Kier molecular flexibility index (Phi) is 57.8. The van der Waals surface area contributed by atoms with E-state index in [1.54, 1.807) is 0 Å². The molecule has 1 atom stereocenters. The Morgan fingerprint density at radius 3 is 0.903 bits per heavy atom. The summed E-state index contributed by atoms with van der Waals surface area (Å²) in [6.07, 6.45) is 77.6.